The van der Waals surface area contributed by atoms with Crippen LogP contribution in [0, 0.1) is 11.3 Å². The first-order chi connectivity index (χ1) is 5.56. The average molecular weight is 172 g/mol. The molecule has 0 aliphatic heterocycles. The molecule has 0 aromatic rings. The highest BCUT2D eigenvalue weighted by Gasteiger charge is 2.61. The molecule has 0 unspecified atom stereocenters. The summed E-state index contributed by atoms with van der Waals surface area (Å²) < 4.78 is 9.07. The predicted molar refractivity (Wildman–Crippen MR) is 40.2 cm³/mol. The summed E-state index contributed by atoms with van der Waals surface area (Å²) in [5.41, 5.74) is -0.637. The van der Waals surface area contributed by atoms with Crippen LogP contribution in [0.1, 0.15) is 13.3 Å². The van der Waals surface area contributed by atoms with Gasteiger partial charge in [0.25, 0.3) is 0 Å². The van der Waals surface area contributed by atoms with Crippen LogP contribution in [0.4, 0.5) is 0 Å². The minimum absolute atomic E-state index is 0.310. The Labute approximate surface area is 70.8 Å². The predicted octanol–water partition coefficient (Wildman–Crippen LogP) is 0.359. The van der Waals surface area contributed by atoms with Crippen molar-refractivity contribution in [1.82, 2.24) is 0 Å². The number of methoxy groups -OCH3 is 2. The van der Waals surface area contributed by atoms with E-state index in [1.165, 1.54) is 14.2 Å². The van der Waals surface area contributed by atoms with E-state index in [1.807, 2.05) is 0 Å². The first-order valence-corrected chi connectivity index (χ1v) is 3.72. The maximum absolute atomic E-state index is 11.1. The number of hydrogen-bond donors (Lipinski definition) is 0. The van der Waals surface area contributed by atoms with Gasteiger partial charge in [-0.05, 0) is 13.3 Å². The summed E-state index contributed by atoms with van der Waals surface area (Å²) >= 11 is 0. The lowest BCUT2D eigenvalue weighted by Crippen LogP contribution is -2.20. The van der Waals surface area contributed by atoms with Crippen LogP contribution in [-0.4, -0.2) is 26.2 Å². The van der Waals surface area contributed by atoms with Gasteiger partial charge in [0.1, 0.15) is 0 Å². The van der Waals surface area contributed by atoms with Crippen LogP contribution in [0.25, 0.3) is 0 Å². The summed E-state index contributed by atoms with van der Waals surface area (Å²) in [6.07, 6.45) is 0.534. The Kier molecular flexibility index (Phi) is 2.08. The van der Waals surface area contributed by atoms with E-state index in [0.717, 1.165) is 0 Å². The Bertz CT molecular complexity index is 223. The van der Waals surface area contributed by atoms with Crippen molar-refractivity contribution in [2.45, 2.75) is 13.3 Å². The maximum atomic E-state index is 11.1. The minimum atomic E-state index is -0.637. The van der Waals surface area contributed by atoms with Gasteiger partial charge in [-0.3, -0.25) is 9.59 Å². The molecule has 0 bridgehead atoms. The molecule has 68 valence electrons. The molecule has 1 saturated carbocycles. The van der Waals surface area contributed by atoms with Gasteiger partial charge in [-0.1, -0.05) is 0 Å². The molecular weight excluding hydrogens is 160 g/mol. The van der Waals surface area contributed by atoms with Crippen LogP contribution in [0.2, 0.25) is 0 Å². The molecule has 1 aliphatic carbocycles. The lowest BCUT2D eigenvalue weighted by molar-refractivity contribution is -0.152. The molecule has 0 saturated heterocycles. The highest BCUT2D eigenvalue weighted by atomic mass is 16.5. The second kappa shape index (κ2) is 2.77. The smallest absolute Gasteiger partial charge is 0.312 e. The third-order valence-electron chi connectivity index (χ3n) is 2.37. The molecule has 0 spiro atoms. The van der Waals surface area contributed by atoms with Crippen molar-refractivity contribution in [3.05, 3.63) is 0 Å². The number of carbonyl (C=O) groups is 2. The van der Waals surface area contributed by atoms with Crippen molar-refractivity contribution < 1.29 is 19.1 Å². The number of esters is 2. The standard InChI is InChI=1S/C8H12O4/c1-8(7(10)12-3)4-5(8)6(9)11-2/h5H,4H2,1-3H3/t5-,8-/m1/s1. The molecule has 1 aliphatic rings. The molecule has 0 heterocycles. The van der Waals surface area contributed by atoms with Gasteiger partial charge in [0.2, 0.25) is 0 Å². The molecule has 4 heteroatoms. The summed E-state index contributed by atoms with van der Waals surface area (Å²) in [6, 6.07) is 0. The topological polar surface area (TPSA) is 52.6 Å². The minimum Gasteiger partial charge on any atom is -0.469 e. The van der Waals surface area contributed by atoms with E-state index in [4.69, 9.17) is 0 Å². The average Bonchev–Trinajstić information content (AvgIpc) is 2.76. The Morgan fingerprint density at radius 3 is 2.33 bits per heavy atom. The Morgan fingerprint density at radius 1 is 1.33 bits per heavy atom. The van der Waals surface area contributed by atoms with Gasteiger partial charge in [-0.2, -0.15) is 0 Å². The Morgan fingerprint density at radius 2 is 1.92 bits per heavy atom. The van der Waals surface area contributed by atoms with Crippen molar-refractivity contribution in [2.75, 3.05) is 14.2 Å². The molecule has 0 amide bonds. The zero-order valence-corrected chi connectivity index (χ0v) is 7.42. The molecule has 12 heavy (non-hydrogen) atoms. The van der Waals surface area contributed by atoms with Gasteiger partial charge in [0.15, 0.2) is 0 Å². The molecule has 1 fully saturated rings. The van der Waals surface area contributed by atoms with Gasteiger partial charge in [-0.25, -0.2) is 0 Å². The van der Waals surface area contributed by atoms with Crippen molar-refractivity contribution >= 4 is 11.9 Å². The van der Waals surface area contributed by atoms with E-state index in [9.17, 15) is 9.59 Å². The summed E-state index contributed by atoms with van der Waals surface area (Å²) in [5, 5.41) is 0. The number of hydrogen-bond acceptors (Lipinski definition) is 4. The third kappa shape index (κ3) is 1.17. The van der Waals surface area contributed by atoms with E-state index in [-0.39, 0.29) is 17.9 Å². The van der Waals surface area contributed by atoms with E-state index >= 15 is 0 Å². The van der Waals surface area contributed by atoms with Crippen LogP contribution in [0.5, 0.6) is 0 Å². The lowest BCUT2D eigenvalue weighted by atomic mass is 10.1. The van der Waals surface area contributed by atoms with E-state index in [1.54, 1.807) is 6.92 Å². The molecule has 0 radical (unpaired) electrons. The lowest BCUT2D eigenvalue weighted by Gasteiger charge is -2.06. The van der Waals surface area contributed by atoms with Gasteiger partial charge in [-0.15, -0.1) is 0 Å². The van der Waals surface area contributed by atoms with Crippen molar-refractivity contribution in [3.8, 4) is 0 Å². The molecule has 2 atom stereocenters. The fourth-order valence-electron chi connectivity index (χ4n) is 1.31. The van der Waals surface area contributed by atoms with E-state index in [2.05, 4.69) is 9.47 Å². The molecule has 0 aromatic heterocycles. The molecule has 4 nitrogen and oxygen atoms in total. The van der Waals surface area contributed by atoms with Gasteiger partial charge >= 0.3 is 11.9 Å². The van der Waals surface area contributed by atoms with Crippen LogP contribution in [-0.2, 0) is 19.1 Å². The maximum Gasteiger partial charge on any atom is 0.312 e. The molecule has 0 aromatic carbocycles. The number of rotatable bonds is 2. The van der Waals surface area contributed by atoms with Crippen molar-refractivity contribution in [1.29, 1.82) is 0 Å². The Hall–Kier alpha value is -1.06. The monoisotopic (exact) mass is 172 g/mol. The summed E-state index contributed by atoms with van der Waals surface area (Å²) in [5.74, 6) is -0.976. The quantitative estimate of drug-likeness (QED) is 0.564. The summed E-state index contributed by atoms with van der Waals surface area (Å²) in [6.45, 7) is 1.71. The van der Waals surface area contributed by atoms with Crippen molar-refractivity contribution in [3.63, 3.8) is 0 Å². The van der Waals surface area contributed by atoms with Crippen LogP contribution >= 0.6 is 0 Å². The summed E-state index contributed by atoms with van der Waals surface area (Å²) in [4.78, 5) is 22.1. The van der Waals surface area contributed by atoms with Gasteiger partial charge in [0, 0.05) is 0 Å². The fourth-order valence-corrected chi connectivity index (χ4v) is 1.31. The summed E-state index contributed by atoms with van der Waals surface area (Å²) in [7, 11) is 2.64. The second-order valence-electron chi connectivity index (χ2n) is 3.19. The highest BCUT2D eigenvalue weighted by molar-refractivity contribution is 5.90. The number of ether oxygens (including phenoxy) is 2. The SMILES string of the molecule is COC(=O)[C@H]1C[C@@]1(C)C(=O)OC. The number of carbonyl (C=O) groups excluding carboxylic acids is 2. The zero-order chi connectivity index (χ0) is 9.35. The van der Waals surface area contributed by atoms with Gasteiger partial charge in [0.05, 0.1) is 25.6 Å². The van der Waals surface area contributed by atoms with Crippen LogP contribution in [0.3, 0.4) is 0 Å². The van der Waals surface area contributed by atoms with E-state index < -0.39 is 5.41 Å². The largest absolute Gasteiger partial charge is 0.469 e. The molecule has 0 N–H and O–H groups in total. The normalized spacial score (nSPS) is 32.4. The van der Waals surface area contributed by atoms with Crippen molar-refractivity contribution in [2.24, 2.45) is 11.3 Å². The molecule has 1 rings (SSSR count). The van der Waals surface area contributed by atoms with Gasteiger partial charge < -0.3 is 9.47 Å². The second-order valence-corrected chi connectivity index (χ2v) is 3.19. The Balaban J connectivity index is 2.59. The molecular formula is C8H12O4. The highest BCUT2D eigenvalue weighted by Crippen LogP contribution is 2.53. The zero-order valence-electron chi connectivity index (χ0n) is 7.42. The van der Waals surface area contributed by atoms with E-state index in [0.29, 0.717) is 6.42 Å². The van der Waals surface area contributed by atoms with Crippen LogP contribution < -0.4 is 0 Å². The third-order valence-corrected chi connectivity index (χ3v) is 2.37. The fraction of sp³-hybridized carbons (Fsp3) is 0.750. The first-order valence-electron chi connectivity index (χ1n) is 3.72. The van der Waals surface area contributed by atoms with Crippen LogP contribution in [0.15, 0.2) is 0 Å². The first kappa shape index (κ1) is 9.03.